The van der Waals surface area contributed by atoms with E-state index in [1.54, 1.807) is 4.68 Å². The van der Waals surface area contributed by atoms with Crippen molar-refractivity contribution < 1.29 is 5.11 Å². The van der Waals surface area contributed by atoms with Crippen molar-refractivity contribution in [2.75, 3.05) is 19.7 Å². The second kappa shape index (κ2) is 6.54. The first kappa shape index (κ1) is 15.1. The standard InChI is InChI=1S/C16H23N5O/c1-2-16(13-22)8-10-20(11-9-16)12-15-17-18-19-21(15)14-6-4-3-5-7-14/h3-7,22H,2,8-13H2,1H3. The lowest BCUT2D eigenvalue weighted by Crippen LogP contribution is -2.41. The molecule has 1 fully saturated rings. The van der Waals surface area contributed by atoms with E-state index in [-0.39, 0.29) is 5.41 Å². The summed E-state index contributed by atoms with van der Waals surface area (Å²) in [6, 6.07) is 9.96. The molecule has 1 aliphatic heterocycles. The van der Waals surface area contributed by atoms with Crippen molar-refractivity contribution in [2.24, 2.45) is 5.41 Å². The predicted octanol–water partition coefficient (Wildman–Crippen LogP) is 1.65. The zero-order valence-electron chi connectivity index (χ0n) is 13.0. The van der Waals surface area contributed by atoms with E-state index >= 15 is 0 Å². The Morgan fingerprint density at radius 1 is 1.18 bits per heavy atom. The van der Waals surface area contributed by atoms with Crippen LogP contribution in [0.2, 0.25) is 0 Å². The van der Waals surface area contributed by atoms with Gasteiger partial charge in [-0.25, -0.2) is 0 Å². The highest BCUT2D eigenvalue weighted by molar-refractivity contribution is 5.30. The molecule has 0 unspecified atom stereocenters. The number of rotatable bonds is 5. The van der Waals surface area contributed by atoms with Crippen LogP contribution in [0.3, 0.4) is 0 Å². The maximum Gasteiger partial charge on any atom is 0.170 e. The van der Waals surface area contributed by atoms with Crippen molar-refractivity contribution in [1.29, 1.82) is 0 Å². The number of piperidine rings is 1. The number of para-hydroxylation sites is 1. The monoisotopic (exact) mass is 301 g/mol. The Kier molecular flexibility index (Phi) is 4.49. The molecule has 2 heterocycles. The van der Waals surface area contributed by atoms with Crippen LogP contribution in [-0.4, -0.2) is 49.9 Å². The molecule has 1 aromatic carbocycles. The Hall–Kier alpha value is -1.79. The van der Waals surface area contributed by atoms with Crippen LogP contribution in [0.25, 0.3) is 5.69 Å². The van der Waals surface area contributed by atoms with Gasteiger partial charge in [-0.15, -0.1) is 5.10 Å². The minimum atomic E-state index is 0.113. The summed E-state index contributed by atoms with van der Waals surface area (Å²) in [6.07, 6.45) is 3.11. The van der Waals surface area contributed by atoms with Crippen molar-refractivity contribution in [3.63, 3.8) is 0 Å². The van der Waals surface area contributed by atoms with E-state index < -0.39 is 0 Å². The molecular weight excluding hydrogens is 278 g/mol. The molecule has 0 radical (unpaired) electrons. The molecule has 0 amide bonds. The smallest absolute Gasteiger partial charge is 0.170 e. The summed E-state index contributed by atoms with van der Waals surface area (Å²) in [5.74, 6) is 0.860. The van der Waals surface area contributed by atoms with Gasteiger partial charge in [-0.3, -0.25) is 4.90 Å². The van der Waals surface area contributed by atoms with E-state index in [1.807, 2.05) is 30.3 Å². The highest BCUT2D eigenvalue weighted by Crippen LogP contribution is 2.34. The first-order valence-electron chi connectivity index (χ1n) is 7.92. The minimum Gasteiger partial charge on any atom is -0.396 e. The van der Waals surface area contributed by atoms with Crippen molar-refractivity contribution in [3.05, 3.63) is 36.2 Å². The number of nitrogens with zero attached hydrogens (tertiary/aromatic N) is 5. The quantitative estimate of drug-likeness (QED) is 0.909. The number of aromatic nitrogens is 4. The van der Waals surface area contributed by atoms with Gasteiger partial charge in [0.05, 0.1) is 12.2 Å². The van der Waals surface area contributed by atoms with Crippen molar-refractivity contribution in [2.45, 2.75) is 32.7 Å². The van der Waals surface area contributed by atoms with Gasteiger partial charge in [0, 0.05) is 6.61 Å². The third kappa shape index (κ3) is 3.03. The molecule has 1 aliphatic rings. The normalized spacial score (nSPS) is 18.5. The molecule has 0 saturated carbocycles. The fourth-order valence-corrected chi connectivity index (χ4v) is 3.08. The van der Waals surface area contributed by atoms with Gasteiger partial charge in [-0.05, 0) is 60.3 Å². The molecule has 1 N–H and O–H groups in total. The first-order chi connectivity index (χ1) is 10.8. The molecule has 22 heavy (non-hydrogen) atoms. The van der Waals surface area contributed by atoms with Gasteiger partial charge in [-0.2, -0.15) is 4.68 Å². The third-order valence-corrected chi connectivity index (χ3v) is 4.90. The zero-order chi connectivity index (χ0) is 15.4. The molecular formula is C16H23N5O. The van der Waals surface area contributed by atoms with Crippen LogP contribution >= 0.6 is 0 Å². The molecule has 1 saturated heterocycles. The van der Waals surface area contributed by atoms with Crippen molar-refractivity contribution in [3.8, 4) is 5.69 Å². The Morgan fingerprint density at radius 2 is 1.91 bits per heavy atom. The predicted molar refractivity (Wildman–Crippen MR) is 83.5 cm³/mol. The number of tetrazole rings is 1. The van der Waals surface area contributed by atoms with Gasteiger partial charge >= 0.3 is 0 Å². The van der Waals surface area contributed by atoms with Crippen LogP contribution in [-0.2, 0) is 6.54 Å². The van der Waals surface area contributed by atoms with E-state index in [1.165, 1.54) is 0 Å². The van der Waals surface area contributed by atoms with Crippen LogP contribution in [0.1, 0.15) is 32.0 Å². The van der Waals surface area contributed by atoms with E-state index in [4.69, 9.17) is 0 Å². The van der Waals surface area contributed by atoms with Crippen LogP contribution < -0.4 is 0 Å². The number of hydrogen-bond donors (Lipinski definition) is 1. The molecule has 118 valence electrons. The number of likely N-dealkylation sites (tertiary alicyclic amines) is 1. The van der Waals surface area contributed by atoms with Crippen LogP contribution in [0.4, 0.5) is 0 Å². The van der Waals surface area contributed by atoms with Crippen LogP contribution in [0.15, 0.2) is 30.3 Å². The van der Waals surface area contributed by atoms with Gasteiger partial charge in [0.25, 0.3) is 0 Å². The highest BCUT2D eigenvalue weighted by atomic mass is 16.3. The molecule has 2 aromatic rings. The summed E-state index contributed by atoms with van der Waals surface area (Å²) in [5, 5.41) is 21.7. The van der Waals surface area contributed by atoms with Gasteiger partial charge in [0.15, 0.2) is 5.82 Å². The maximum atomic E-state index is 9.62. The minimum absolute atomic E-state index is 0.113. The van der Waals surface area contributed by atoms with Gasteiger partial charge in [0.2, 0.25) is 0 Å². The molecule has 6 heteroatoms. The number of aliphatic hydroxyl groups is 1. The molecule has 0 spiro atoms. The summed E-state index contributed by atoms with van der Waals surface area (Å²) < 4.78 is 1.80. The van der Waals surface area contributed by atoms with Crippen molar-refractivity contribution in [1.82, 2.24) is 25.1 Å². The first-order valence-corrected chi connectivity index (χ1v) is 7.92. The molecule has 0 bridgehead atoms. The lowest BCUT2D eigenvalue weighted by molar-refractivity contribution is 0.0371. The average Bonchev–Trinajstić information content (AvgIpc) is 3.05. The summed E-state index contributed by atoms with van der Waals surface area (Å²) in [4.78, 5) is 2.37. The third-order valence-electron chi connectivity index (χ3n) is 4.90. The fourth-order valence-electron chi connectivity index (χ4n) is 3.08. The fraction of sp³-hybridized carbons (Fsp3) is 0.562. The SMILES string of the molecule is CCC1(CO)CCN(Cc2nnnn2-c2ccccc2)CC1. The largest absolute Gasteiger partial charge is 0.396 e. The lowest BCUT2D eigenvalue weighted by atomic mass is 9.77. The molecule has 1 aromatic heterocycles. The summed E-state index contributed by atoms with van der Waals surface area (Å²) in [7, 11) is 0. The maximum absolute atomic E-state index is 9.62. The molecule has 0 atom stereocenters. The van der Waals surface area contributed by atoms with E-state index in [0.29, 0.717) is 6.61 Å². The van der Waals surface area contributed by atoms with Gasteiger partial charge < -0.3 is 5.11 Å². The van der Waals surface area contributed by atoms with E-state index in [9.17, 15) is 5.11 Å². The summed E-state index contributed by atoms with van der Waals surface area (Å²) in [5.41, 5.74) is 1.10. The van der Waals surface area contributed by atoms with Gasteiger partial charge in [0.1, 0.15) is 0 Å². The Morgan fingerprint density at radius 3 is 2.55 bits per heavy atom. The lowest BCUT2D eigenvalue weighted by Gasteiger charge is -2.39. The number of benzene rings is 1. The second-order valence-corrected chi connectivity index (χ2v) is 6.13. The Balaban J connectivity index is 1.67. The van der Waals surface area contributed by atoms with E-state index in [0.717, 1.165) is 50.4 Å². The summed E-state index contributed by atoms with van der Waals surface area (Å²) in [6.45, 7) is 5.17. The Bertz CT molecular complexity index is 584. The average molecular weight is 301 g/mol. The number of aliphatic hydroxyl groups excluding tert-OH is 1. The van der Waals surface area contributed by atoms with Gasteiger partial charge in [-0.1, -0.05) is 25.1 Å². The van der Waals surface area contributed by atoms with E-state index in [2.05, 4.69) is 27.3 Å². The second-order valence-electron chi connectivity index (χ2n) is 6.13. The number of hydrogen-bond acceptors (Lipinski definition) is 5. The highest BCUT2D eigenvalue weighted by Gasteiger charge is 2.32. The van der Waals surface area contributed by atoms with Crippen LogP contribution in [0.5, 0.6) is 0 Å². The topological polar surface area (TPSA) is 67.1 Å². The Labute approximate surface area is 130 Å². The summed E-state index contributed by atoms with van der Waals surface area (Å²) >= 11 is 0. The van der Waals surface area contributed by atoms with Crippen LogP contribution in [0, 0.1) is 5.41 Å². The molecule has 0 aliphatic carbocycles. The zero-order valence-corrected chi connectivity index (χ0v) is 13.0. The molecule has 3 rings (SSSR count). The molecule has 6 nitrogen and oxygen atoms in total. The van der Waals surface area contributed by atoms with Crippen molar-refractivity contribution >= 4 is 0 Å².